The van der Waals surface area contributed by atoms with Crippen molar-refractivity contribution in [2.24, 2.45) is 0 Å². The van der Waals surface area contributed by atoms with E-state index in [-0.39, 0.29) is 19.8 Å². The van der Waals surface area contributed by atoms with E-state index in [2.05, 4.69) is 21.2 Å². The average Bonchev–Trinajstić information content (AvgIpc) is 2.87. The van der Waals surface area contributed by atoms with Crippen LogP contribution >= 0.6 is 0 Å². The highest BCUT2D eigenvalue weighted by atomic mass is 16.5. The second-order valence-corrected chi connectivity index (χ2v) is 8.23. The first-order chi connectivity index (χ1) is 16.9. The van der Waals surface area contributed by atoms with E-state index in [1.54, 1.807) is 17.0 Å². The smallest absolute Gasteiger partial charge is 0.162 e. The van der Waals surface area contributed by atoms with E-state index in [9.17, 15) is 20.4 Å². The van der Waals surface area contributed by atoms with Gasteiger partial charge >= 0.3 is 0 Å². The first kappa shape index (κ1) is 24.7. The van der Waals surface area contributed by atoms with Crippen molar-refractivity contribution in [1.82, 2.24) is 14.9 Å². The van der Waals surface area contributed by atoms with Gasteiger partial charge in [0.1, 0.15) is 31.0 Å². The third kappa shape index (κ3) is 5.30. The summed E-state index contributed by atoms with van der Waals surface area (Å²) in [7, 11) is 1.53. The molecule has 1 fully saturated rings. The van der Waals surface area contributed by atoms with Crippen molar-refractivity contribution in [1.29, 1.82) is 0 Å². The fraction of sp³-hybridized carbons (Fsp3) is 0.360. The summed E-state index contributed by atoms with van der Waals surface area (Å²) in [6.45, 7) is 0.203. The molecule has 10 heteroatoms. The molecule has 4 rings (SSSR count). The largest absolute Gasteiger partial charge is 0.493 e. The Hall–Kier alpha value is -3.46. The monoisotopic (exact) mass is 480 g/mol. The Morgan fingerprint density at radius 2 is 1.97 bits per heavy atom. The molecule has 2 heterocycles. The number of piperidine rings is 1. The molecule has 0 radical (unpaired) electrons. The number of likely N-dealkylation sites (tertiary alicyclic amines) is 1. The fourth-order valence-electron chi connectivity index (χ4n) is 4.17. The van der Waals surface area contributed by atoms with Gasteiger partial charge in [-0.2, -0.15) is 0 Å². The van der Waals surface area contributed by atoms with Gasteiger partial charge in [0.2, 0.25) is 0 Å². The zero-order chi connectivity index (χ0) is 24.9. The highest BCUT2D eigenvalue weighted by Gasteiger charge is 2.40. The van der Waals surface area contributed by atoms with Crippen molar-refractivity contribution in [3.63, 3.8) is 0 Å². The minimum atomic E-state index is -1.31. The Labute approximate surface area is 202 Å². The van der Waals surface area contributed by atoms with Gasteiger partial charge in [-0.05, 0) is 24.3 Å². The van der Waals surface area contributed by atoms with Crippen LogP contribution in [0.2, 0.25) is 0 Å². The summed E-state index contributed by atoms with van der Waals surface area (Å²) >= 11 is 0. The van der Waals surface area contributed by atoms with E-state index in [0.717, 1.165) is 11.3 Å². The van der Waals surface area contributed by atoms with Gasteiger partial charge in [-0.1, -0.05) is 12.0 Å². The highest BCUT2D eigenvalue weighted by Crippen LogP contribution is 2.35. The van der Waals surface area contributed by atoms with Crippen LogP contribution < -0.4 is 14.8 Å². The minimum Gasteiger partial charge on any atom is -0.493 e. The Kier molecular flexibility index (Phi) is 7.65. The molecule has 1 saturated heterocycles. The quantitative estimate of drug-likeness (QED) is 0.290. The summed E-state index contributed by atoms with van der Waals surface area (Å²) in [4.78, 5) is 10.4. The number of anilines is 2. The molecule has 1 aliphatic rings. The Balaban J connectivity index is 1.54. The highest BCUT2D eigenvalue weighted by molar-refractivity contribution is 5.93. The van der Waals surface area contributed by atoms with E-state index in [4.69, 9.17) is 15.9 Å². The predicted molar refractivity (Wildman–Crippen MR) is 130 cm³/mol. The molecule has 3 aromatic rings. The maximum atomic E-state index is 10.2. The second kappa shape index (κ2) is 10.9. The Morgan fingerprint density at radius 3 is 2.71 bits per heavy atom. The molecule has 10 nitrogen and oxygen atoms in total. The van der Waals surface area contributed by atoms with Gasteiger partial charge in [0.25, 0.3) is 0 Å². The van der Waals surface area contributed by atoms with Crippen LogP contribution in [0.3, 0.4) is 0 Å². The molecule has 0 spiro atoms. The van der Waals surface area contributed by atoms with Crippen molar-refractivity contribution in [3.05, 3.63) is 48.3 Å². The summed E-state index contributed by atoms with van der Waals surface area (Å²) < 4.78 is 11.5. The van der Waals surface area contributed by atoms with Gasteiger partial charge in [0.15, 0.2) is 11.5 Å². The van der Waals surface area contributed by atoms with E-state index in [0.29, 0.717) is 34.8 Å². The number of fused-ring (bicyclic) bond motifs is 1. The molecular formula is C25H28N4O6. The summed E-state index contributed by atoms with van der Waals surface area (Å²) in [5, 5.41) is 43.7. The van der Waals surface area contributed by atoms with Gasteiger partial charge in [-0.25, -0.2) is 9.97 Å². The number of aromatic nitrogens is 2. The topological polar surface area (TPSA) is 140 Å². The van der Waals surface area contributed by atoms with Gasteiger partial charge < -0.3 is 35.2 Å². The first-order valence-electron chi connectivity index (χ1n) is 11.1. The van der Waals surface area contributed by atoms with Crippen LogP contribution in [-0.4, -0.2) is 93.1 Å². The SMILES string of the molecule is C#Cc1cccc(Nc2ncnc3cc(OC)c(OCCN4C[C@H](O)[C@@H](O)[C@H](O)[C@H]4CO)cc23)c1. The zero-order valence-electron chi connectivity index (χ0n) is 19.2. The molecule has 35 heavy (non-hydrogen) atoms. The number of methoxy groups -OCH3 is 1. The van der Waals surface area contributed by atoms with Gasteiger partial charge in [-0.15, -0.1) is 6.42 Å². The summed E-state index contributed by atoms with van der Waals surface area (Å²) in [6, 6.07) is 10.2. The standard InChI is InChI=1S/C25H28N4O6/c1-3-15-5-4-6-16(9-15)28-25-17-10-22(21(34-2)11-18(17)26-14-27-25)35-8-7-29-12-20(31)24(33)23(32)19(29)13-30/h1,4-6,9-11,14,19-20,23-24,30-33H,7-8,12-13H2,2H3,(H,26,27,28)/t19-,20+,23-,24-/m1/s1. The van der Waals surface area contributed by atoms with Crippen LogP contribution in [0.15, 0.2) is 42.7 Å². The van der Waals surface area contributed by atoms with Crippen LogP contribution in [0.25, 0.3) is 10.9 Å². The minimum absolute atomic E-state index is 0.0975. The van der Waals surface area contributed by atoms with Crippen molar-refractivity contribution in [2.75, 3.05) is 38.7 Å². The lowest BCUT2D eigenvalue weighted by molar-refractivity contribution is -0.146. The summed E-state index contributed by atoms with van der Waals surface area (Å²) in [6.07, 6.45) is 3.26. The number of nitrogens with one attached hydrogen (secondary N) is 1. The molecule has 1 aliphatic heterocycles. The van der Waals surface area contributed by atoms with E-state index >= 15 is 0 Å². The lowest BCUT2D eigenvalue weighted by Crippen LogP contribution is -2.63. The number of ether oxygens (including phenoxy) is 2. The number of terminal acetylenes is 1. The maximum absolute atomic E-state index is 10.2. The molecule has 4 atom stereocenters. The van der Waals surface area contributed by atoms with E-state index in [1.807, 2.05) is 24.3 Å². The van der Waals surface area contributed by atoms with Gasteiger partial charge in [-0.3, -0.25) is 4.90 Å². The van der Waals surface area contributed by atoms with Crippen LogP contribution in [0.1, 0.15) is 5.56 Å². The molecule has 0 amide bonds. The van der Waals surface area contributed by atoms with Crippen LogP contribution in [0.4, 0.5) is 11.5 Å². The number of nitrogens with zero attached hydrogens (tertiary/aromatic N) is 3. The third-order valence-electron chi connectivity index (χ3n) is 6.06. The first-order valence-corrected chi connectivity index (χ1v) is 11.1. The molecule has 184 valence electrons. The van der Waals surface area contributed by atoms with Crippen molar-refractivity contribution in [2.45, 2.75) is 24.4 Å². The molecule has 0 unspecified atom stereocenters. The number of hydrogen-bond acceptors (Lipinski definition) is 10. The zero-order valence-corrected chi connectivity index (χ0v) is 19.2. The maximum Gasteiger partial charge on any atom is 0.162 e. The van der Waals surface area contributed by atoms with Crippen LogP contribution in [0, 0.1) is 12.3 Å². The number of hydrogen-bond donors (Lipinski definition) is 5. The van der Waals surface area contributed by atoms with E-state index in [1.165, 1.54) is 13.4 Å². The normalized spacial score (nSPS) is 22.5. The number of benzene rings is 2. The number of β-amino-alcohol motifs (C(OH)–C–C–N with tert-alkyl or cyclic N) is 1. The Morgan fingerprint density at radius 1 is 1.14 bits per heavy atom. The lowest BCUT2D eigenvalue weighted by atomic mass is 9.94. The molecule has 0 saturated carbocycles. The van der Waals surface area contributed by atoms with Crippen molar-refractivity contribution in [3.8, 4) is 23.8 Å². The number of aliphatic hydroxyl groups excluding tert-OH is 4. The second-order valence-electron chi connectivity index (χ2n) is 8.23. The number of rotatable bonds is 8. The third-order valence-corrected chi connectivity index (χ3v) is 6.06. The molecule has 1 aromatic heterocycles. The van der Waals surface area contributed by atoms with E-state index < -0.39 is 24.4 Å². The average molecular weight is 481 g/mol. The molecular weight excluding hydrogens is 452 g/mol. The summed E-state index contributed by atoms with van der Waals surface area (Å²) in [5.74, 6) is 4.10. The molecule has 2 aromatic carbocycles. The van der Waals surface area contributed by atoms with Crippen molar-refractivity contribution >= 4 is 22.4 Å². The van der Waals surface area contributed by atoms with Crippen LogP contribution in [-0.2, 0) is 0 Å². The Bertz CT molecular complexity index is 1220. The lowest BCUT2D eigenvalue weighted by Gasteiger charge is -2.42. The summed E-state index contributed by atoms with van der Waals surface area (Å²) in [5.41, 5.74) is 2.16. The molecule has 0 aliphatic carbocycles. The van der Waals surface area contributed by atoms with Gasteiger partial charge in [0.05, 0.1) is 31.4 Å². The molecule has 5 N–H and O–H groups in total. The van der Waals surface area contributed by atoms with Gasteiger partial charge in [0, 0.05) is 35.8 Å². The fourth-order valence-corrected chi connectivity index (χ4v) is 4.17. The van der Waals surface area contributed by atoms with Crippen molar-refractivity contribution < 1.29 is 29.9 Å². The predicted octanol–water partition coefficient (Wildman–Crippen LogP) is 0.501. The van der Waals surface area contributed by atoms with Crippen LogP contribution in [0.5, 0.6) is 11.5 Å². The number of aliphatic hydroxyl groups is 4. The molecule has 0 bridgehead atoms.